The maximum Gasteiger partial charge on any atom is 0.258 e. The van der Waals surface area contributed by atoms with Crippen LogP contribution in [-0.4, -0.2) is 33.2 Å². The van der Waals surface area contributed by atoms with Gasteiger partial charge in [-0.2, -0.15) is 0 Å². The predicted octanol–water partition coefficient (Wildman–Crippen LogP) is 0.635. The summed E-state index contributed by atoms with van der Waals surface area (Å²) in [6.07, 6.45) is 3.50. The zero-order valence-electron chi connectivity index (χ0n) is 11.1. The van der Waals surface area contributed by atoms with E-state index in [0.29, 0.717) is 19.8 Å². The van der Waals surface area contributed by atoms with E-state index in [1.165, 1.54) is 12.3 Å². The summed E-state index contributed by atoms with van der Waals surface area (Å²) in [6, 6.07) is 3.10. The van der Waals surface area contributed by atoms with Crippen molar-refractivity contribution in [3.63, 3.8) is 0 Å². The highest BCUT2D eigenvalue weighted by Gasteiger charge is 2.14. The average molecular weight is 287 g/mol. The highest BCUT2D eigenvalue weighted by Crippen LogP contribution is 2.05. The van der Waals surface area contributed by atoms with Crippen LogP contribution in [-0.2, 0) is 21.3 Å². The molecule has 0 unspecified atom stereocenters. The number of ether oxygens (including phenoxy) is 1. The van der Waals surface area contributed by atoms with Crippen molar-refractivity contribution in [2.75, 3.05) is 19.8 Å². The van der Waals surface area contributed by atoms with Crippen LogP contribution >= 0.6 is 0 Å². The van der Waals surface area contributed by atoms with E-state index >= 15 is 0 Å². The van der Waals surface area contributed by atoms with Gasteiger partial charge in [0.15, 0.2) is 5.03 Å². The topological polar surface area (TPSA) is 94.3 Å². The molecule has 1 aromatic heterocycles. The maximum absolute atomic E-state index is 11.9. The Morgan fingerprint density at radius 1 is 1.37 bits per heavy atom. The fraction of sp³-hybridized carbons (Fsp3) is 0.583. The summed E-state index contributed by atoms with van der Waals surface area (Å²) in [6.45, 7) is 3.67. The number of hydrogen-bond donors (Lipinski definition) is 2. The van der Waals surface area contributed by atoms with Gasteiger partial charge in [0, 0.05) is 25.9 Å². The number of nitrogens with two attached hydrogens (primary N) is 1. The molecular formula is C12H21N3O3S. The van der Waals surface area contributed by atoms with Crippen LogP contribution in [0.1, 0.15) is 25.3 Å². The van der Waals surface area contributed by atoms with Gasteiger partial charge in [0.25, 0.3) is 10.0 Å². The van der Waals surface area contributed by atoms with E-state index in [9.17, 15) is 8.42 Å². The SMILES string of the molecule is CCCCOCCNS(=O)(=O)c1ccc(CN)cn1. The molecule has 0 aliphatic heterocycles. The Balaban J connectivity index is 2.42. The van der Waals surface area contributed by atoms with Gasteiger partial charge >= 0.3 is 0 Å². The molecule has 3 N–H and O–H groups in total. The van der Waals surface area contributed by atoms with Gasteiger partial charge in [0.05, 0.1) is 6.61 Å². The minimum absolute atomic E-state index is 0.00161. The summed E-state index contributed by atoms with van der Waals surface area (Å²) < 4.78 is 31.4. The van der Waals surface area contributed by atoms with Crippen molar-refractivity contribution in [3.8, 4) is 0 Å². The molecule has 6 nitrogen and oxygen atoms in total. The Labute approximate surface area is 114 Å². The van der Waals surface area contributed by atoms with Gasteiger partial charge in [-0.05, 0) is 18.1 Å². The van der Waals surface area contributed by atoms with Gasteiger partial charge < -0.3 is 10.5 Å². The molecule has 0 aliphatic carbocycles. The van der Waals surface area contributed by atoms with E-state index in [1.807, 2.05) is 0 Å². The number of sulfonamides is 1. The van der Waals surface area contributed by atoms with Crippen molar-refractivity contribution in [2.45, 2.75) is 31.3 Å². The minimum atomic E-state index is -3.56. The second-order valence-corrected chi connectivity index (χ2v) is 5.79. The standard InChI is InChI=1S/C12H21N3O3S/c1-2-3-7-18-8-6-15-19(16,17)12-5-4-11(9-13)10-14-12/h4-5,10,15H,2-3,6-9,13H2,1H3. The quantitative estimate of drug-likeness (QED) is 0.650. The Bertz CT molecular complexity index is 460. The Morgan fingerprint density at radius 3 is 2.74 bits per heavy atom. The lowest BCUT2D eigenvalue weighted by Crippen LogP contribution is -2.28. The van der Waals surface area contributed by atoms with E-state index in [-0.39, 0.29) is 11.6 Å². The number of rotatable bonds is 9. The Morgan fingerprint density at radius 2 is 2.16 bits per heavy atom. The third-order valence-corrected chi connectivity index (χ3v) is 3.87. The molecule has 0 saturated carbocycles. The molecular weight excluding hydrogens is 266 g/mol. The number of unbranched alkanes of at least 4 members (excludes halogenated alkanes) is 1. The molecule has 1 heterocycles. The van der Waals surface area contributed by atoms with Crippen LogP contribution in [0.25, 0.3) is 0 Å². The van der Waals surface area contributed by atoms with Crippen LogP contribution in [0.15, 0.2) is 23.4 Å². The molecule has 0 saturated heterocycles. The molecule has 7 heteroatoms. The maximum atomic E-state index is 11.9. The summed E-state index contributed by atoms with van der Waals surface area (Å²) >= 11 is 0. The molecule has 108 valence electrons. The highest BCUT2D eigenvalue weighted by molar-refractivity contribution is 7.89. The van der Waals surface area contributed by atoms with Crippen molar-refractivity contribution < 1.29 is 13.2 Å². The Kier molecular flexibility index (Phi) is 6.93. The van der Waals surface area contributed by atoms with Crippen LogP contribution in [0.3, 0.4) is 0 Å². The second kappa shape index (κ2) is 8.21. The molecule has 19 heavy (non-hydrogen) atoms. The second-order valence-electron chi connectivity index (χ2n) is 4.07. The first-order valence-electron chi connectivity index (χ1n) is 6.32. The lowest BCUT2D eigenvalue weighted by Gasteiger charge is -2.07. The van der Waals surface area contributed by atoms with Crippen LogP contribution in [0.5, 0.6) is 0 Å². The summed E-state index contributed by atoms with van der Waals surface area (Å²) in [5.74, 6) is 0. The first kappa shape index (κ1) is 16.0. The van der Waals surface area contributed by atoms with Gasteiger partial charge in [-0.25, -0.2) is 18.1 Å². The highest BCUT2D eigenvalue weighted by atomic mass is 32.2. The zero-order chi connectivity index (χ0) is 14.1. The average Bonchev–Trinajstić information content (AvgIpc) is 2.43. The minimum Gasteiger partial charge on any atom is -0.380 e. The monoisotopic (exact) mass is 287 g/mol. The lowest BCUT2D eigenvalue weighted by molar-refractivity contribution is 0.136. The summed E-state index contributed by atoms with van der Waals surface area (Å²) in [4.78, 5) is 3.88. The largest absolute Gasteiger partial charge is 0.380 e. The molecule has 0 radical (unpaired) electrons. The first-order chi connectivity index (χ1) is 9.10. The fourth-order valence-corrected chi connectivity index (χ4v) is 2.30. The van der Waals surface area contributed by atoms with Crippen LogP contribution in [0, 0.1) is 0 Å². The normalized spacial score (nSPS) is 11.7. The van der Waals surface area contributed by atoms with Gasteiger partial charge in [-0.3, -0.25) is 0 Å². The number of hydrogen-bond acceptors (Lipinski definition) is 5. The van der Waals surface area contributed by atoms with E-state index in [1.54, 1.807) is 6.07 Å². The molecule has 1 rings (SSSR count). The van der Waals surface area contributed by atoms with E-state index in [2.05, 4.69) is 16.6 Å². The van der Waals surface area contributed by atoms with Crippen molar-refractivity contribution in [2.24, 2.45) is 5.73 Å². The van der Waals surface area contributed by atoms with Gasteiger partial charge in [0.2, 0.25) is 0 Å². The van der Waals surface area contributed by atoms with Crippen molar-refractivity contribution in [1.82, 2.24) is 9.71 Å². The molecule has 0 amide bonds. The molecule has 0 spiro atoms. The van der Waals surface area contributed by atoms with Gasteiger partial charge in [-0.15, -0.1) is 0 Å². The third-order valence-electron chi connectivity index (χ3n) is 2.49. The van der Waals surface area contributed by atoms with Crippen LogP contribution in [0.2, 0.25) is 0 Å². The van der Waals surface area contributed by atoms with E-state index in [0.717, 1.165) is 18.4 Å². The first-order valence-corrected chi connectivity index (χ1v) is 7.81. The molecule has 0 fully saturated rings. The number of nitrogens with zero attached hydrogens (tertiary/aromatic N) is 1. The summed E-state index contributed by atoms with van der Waals surface area (Å²) in [7, 11) is -3.56. The Hall–Kier alpha value is -1.02. The van der Waals surface area contributed by atoms with Crippen LogP contribution in [0.4, 0.5) is 0 Å². The number of nitrogens with one attached hydrogen (secondary N) is 1. The number of pyridine rings is 1. The van der Waals surface area contributed by atoms with Crippen molar-refractivity contribution >= 4 is 10.0 Å². The molecule has 0 aromatic carbocycles. The fourth-order valence-electron chi connectivity index (χ4n) is 1.36. The van der Waals surface area contributed by atoms with Gasteiger partial charge in [-0.1, -0.05) is 19.4 Å². The zero-order valence-corrected chi connectivity index (χ0v) is 11.9. The molecule has 1 aromatic rings. The van der Waals surface area contributed by atoms with E-state index < -0.39 is 10.0 Å². The summed E-state index contributed by atoms with van der Waals surface area (Å²) in [5.41, 5.74) is 6.22. The number of aromatic nitrogens is 1. The van der Waals surface area contributed by atoms with E-state index in [4.69, 9.17) is 10.5 Å². The summed E-state index contributed by atoms with van der Waals surface area (Å²) in [5, 5.41) is -0.00161. The molecule has 0 bridgehead atoms. The van der Waals surface area contributed by atoms with Crippen LogP contribution < -0.4 is 10.5 Å². The molecule has 0 atom stereocenters. The third kappa shape index (κ3) is 5.65. The smallest absolute Gasteiger partial charge is 0.258 e. The van der Waals surface area contributed by atoms with Crippen molar-refractivity contribution in [1.29, 1.82) is 0 Å². The molecule has 0 aliphatic rings. The van der Waals surface area contributed by atoms with Crippen molar-refractivity contribution in [3.05, 3.63) is 23.9 Å². The van der Waals surface area contributed by atoms with Gasteiger partial charge in [0.1, 0.15) is 0 Å². The predicted molar refractivity (Wildman–Crippen MR) is 73.0 cm³/mol. The lowest BCUT2D eigenvalue weighted by atomic mass is 10.3.